The number of benzene rings is 1. The first-order valence-electron chi connectivity index (χ1n) is 5.10. The molecule has 7 heteroatoms. The molecule has 0 unspecified atom stereocenters. The Balaban J connectivity index is 3.10. The van der Waals surface area contributed by atoms with E-state index in [1.54, 1.807) is 0 Å². The van der Waals surface area contributed by atoms with E-state index in [0.717, 1.165) is 6.07 Å². The highest BCUT2D eigenvalue weighted by Crippen LogP contribution is 2.33. The second-order valence-corrected chi connectivity index (χ2v) is 3.63. The first kappa shape index (κ1) is 14.8. The largest absolute Gasteiger partial charge is 0.417 e. The van der Waals surface area contributed by atoms with Crippen LogP contribution in [-0.4, -0.2) is 13.8 Å². The van der Waals surface area contributed by atoms with Crippen LogP contribution in [0, 0.1) is 11.3 Å². The lowest BCUT2D eigenvalue weighted by molar-refractivity contribution is -0.137. The molecule has 0 heterocycles. The van der Waals surface area contributed by atoms with Crippen molar-refractivity contribution in [3.05, 3.63) is 41.5 Å². The predicted molar refractivity (Wildman–Crippen MR) is 64.5 cm³/mol. The molecule has 1 rings (SSSR count). The normalized spacial score (nSPS) is 10.6. The molecule has 0 saturated carbocycles. The highest BCUT2D eigenvalue weighted by atomic mass is 19.4. The minimum atomic E-state index is -4.67. The van der Waals surface area contributed by atoms with E-state index >= 15 is 0 Å². The Kier molecular flexibility index (Phi) is 4.38. The monoisotopic (exact) mass is 264 g/mol. The second kappa shape index (κ2) is 5.61. The summed E-state index contributed by atoms with van der Waals surface area (Å²) < 4.78 is 38.0. The number of nitrogens with one attached hydrogen (secondary N) is 1. The number of nitrogens with zero attached hydrogens (tertiary/aromatic N) is 1. The summed E-state index contributed by atoms with van der Waals surface area (Å²) in [5, 5.41) is 10.8. The van der Waals surface area contributed by atoms with Crippen LogP contribution in [0.4, 0.5) is 18.9 Å². The average Bonchev–Trinajstić information content (AvgIpc) is 2.36. The standard InChI is InChI=1S/C12H8BF3N2O/c1-7(5-13)11(19)18-9-3-2-8(6-17)10(4-9)12(14,15)16/h2-4H,1,5H2,(H,18,19). The number of nitriles is 1. The molecule has 3 nitrogen and oxygen atoms in total. The molecular formula is C12H8BF3N2O. The van der Waals surface area contributed by atoms with Crippen molar-refractivity contribution in [1.29, 1.82) is 5.26 Å². The van der Waals surface area contributed by atoms with Gasteiger partial charge in [0.1, 0.15) is 0 Å². The molecule has 0 aliphatic carbocycles. The van der Waals surface area contributed by atoms with Gasteiger partial charge >= 0.3 is 6.18 Å². The molecule has 2 radical (unpaired) electrons. The molecule has 1 aromatic carbocycles. The summed E-state index contributed by atoms with van der Waals surface area (Å²) in [7, 11) is 5.19. The molecule has 0 atom stereocenters. The summed E-state index contributed by atoms with van der Waals surface area (Å²) in [5.41, 5.74) is -1.65. The summed E-state index contributed by atoms with van der Waals surface area (Å²) in [6.07, 6.45) is -4.77. The number of halogens is 3. The van der Waals surface area contributed by atoms with Gasteiger partial charge in [0.05, 0.1) is 25.0 Å². The molecule has 0 spiro atoms. The molecule has 96 valence electrons. The summed E-state index contributed by atoms with van der Waals surface area (Å²) in [4.78, 5) is 11.4. The zero-order valence-electron chi connectivity index (χ0n) is 9.71. The van der Waals surface area contributed by atoms with Crippen molar-refractivity contribution in [3.8, 4) is 6.07 Å². The Morgan fingerprint density at radius 2 is 2.11 bits per heavy atom. The lowest BCUT2D eigenvalue weighted by Gasteiger charge is -2.12. The zero-order chi connectivity index (χ0) is 14.6. The van der Waals surface area contributed by atoms with Gasteiger partial charge in [0.2, 0.25) is 5.91 Å². The third kappa shape index (κ3) is 3.62. The van der Waals surface area contributed by atoms with Gasteiger partial charge in [-0.3, -0.25) is 4.79 Å². The number of hydrogen-bond donors (Lipinski definition) is 1. The van der Waals surface area contributed by atoms with Crippen LogP contribution in [0.25, 0.3) is 0 Å². The maximum absolute atomic E-state index is 12.7. The van der Waals surface area contributed by atoms with Crippen molar-refractivity contribution < 1.29 is 18.0 Å². The van der Waals surface area contributed by atoms with Crippen molar-refractivity contribution in [1.82, 2.24) is 0 Å². The molecule has 0 bridgehead atoms. The first-order valence-corrected chi connectivity index (χ1v) is 5.10. The van der Waals surface area contributed by atoms with E-state index in [2.05, 4.69) is 11.9 Å². The minimum absolute atomic E-state index is 0.0397. The van der Waals surface area contributed by atoms with E-state index < -0.39 is 23.2 Å². The molecular weight excluding hydrogens is 256 g/mol. The van der Waals surface area contributed by atoms with Gasteiger partial charge in [-0.15, -0.1) is 0 Å². The lowest BCUT2D eigenvalue weighted by Crippen LogP contribution is -2.15. The molecule has 19 heavy (non-hydrogen) atoms. The molecule has 0 aliphatic rings. The van der Waals surface area contributed by atoms with Crippen molar-refractivity contribution in [2.45, 2.75) is 12.5 Å². The molecule has 1 N–H and O–H groups in total. The van der Waals surface area contributed by atoms with E-state index in [1.165, 1.54) is 12.1 Å². The van der Waals surface area contributed by atoms with Crippen molar-refractivity contribution in [3.63, 3.8) is 0 Å². The van der Waals surface area contributed by atoms with Crippen LogP contribution in [-0.2, 0) is 11.0 Å². The zero-order valence-corrected chi connectivity index (χ0v) is 9.71. The molecule has 0 aliphatic heterocycles. The Hall–Kier alpha value is -2.23. The second-order valence-electron chi connectivity index (χ2n) is 3.63. The van der Waals surface area contributed by atoms with Gasteiger partial charge in [0.15, 0.2) is 0 Å². The lowest BCUT2D eigenvalue weighted by atomic mass is 9.97. The molecule has 0 aromatic heterocycles. The van der Waals surface area contributed by atoms with Crippen molar-refractivity contribution in [2.75, 3.05) is 5.32 Å². The Morgan fingerprint density at radius 3 is 2.58 bits per heavy atom. The Labute approximate surface area is 109 Å². The molecule has 1 amide bonds. The first-order chi connectivity index (χ1) is 8.79. The third-order valence-corrected chi connectivity index (χ3v) is 2.27. The smallest absolute Gasteiger partial charge is 0.322 e. The van der Waals surface area contributed by atoms with Gasteiger partial charge in [-0.25, -0.2) is 0 Å². The van der Waals surface area contributed by atoms with Crippen LogP contribution < -0.4 is 5.32 Å². The predicted octanol–water partition coefficient (Wildman–Crippen LogP) is 2.66. The summed E-state index contributed by atoms with van der Waals surface area (Å²) in [6.45, 7) is 3.36. The third-order valence-electron chi connectivity index (χ3n) is 2.27. The number of carbonyl (C=O) groups excluding carboxylic acids is 1. The van der Waals surface area contributed by atoms with Crippen LogP contribution in [0.5, 0.6) is 0 Å². The van der Waals surface area contributed by atoms with Gasteiger partial charge in [0, 0.05) is 11.3 Å². The van der Waals surface area contributed by atoms with Gasteiger partial charge < -0.3 is 5.32 Å². The fourth-order valence-electron chi connectivity index (χ4n) is 1.27. The Morgan fingerprint density at radius 1 is 1.47 bits per heavy atom. The van der Waals surface area contributed by atoms with Crippen LogP contribution in [0.3, 0.4) is 0 Å². The van der Waals surface area contributed by atoms with Crippen molar-refractivity contribution >= 4 is 19.4 Å². The maximum Gasteiger partial charge on any atom is 0.417 e. The van der Waals surface area contributed by atoms with Crippen LogP contribution in [0.15, 0.2) is 30.4 Å². The highest BCUT2D eigenvalue weighted by Gasteiger charge is 2.33. The number of carbonyl (C=O) groups is 1. The quantitative estimate of drug-likeness (QED) is 0.674. The summed E-state index contributed by atoms with van der Waals surface area (Å²) >= 11 is 0. The number of hydrogen-bond acceptors (Lipinski definition) is 2. The SMILES string of the molecule is [B]CC(=C)C(=O)Nc1ccc(C#N)c(C(F)(F)F)c1. The van der Waals surface area contributed by atoms with Gasteiger partial charge in [0.25, 0.3) is 0 Å². The van der Waals surface area contributed by atoms with E-state index in [-0.39, 0.29) is 17.6 Å². The van der Waals surface area contributed by atoms with E-state index in [0.29, 0.717) is 6.07 Å². The van der Waals surface area contributed by atoms with Gasteiger partial charge in [-0.1, -0.05) is 12.9 Å². The van der Waals surface area contributed by atoms with Crippen LogP contribution >= 0.6 is 0 Å². The van der Waals surface area contributed by atoms with E-state index in [1.807, 2.05) is 0 Å². The van der Waals surface area contributed by atoms with Gasteiger partial charge in [-0.2, -0.15) is 18.4 Å². The van der Waals surface area contributed by atoms with Crippen LogP contribution in [0.1, 0.15) is 11.1 Å². The van der Waals surface area contributed by atoms with E-state index in [4.69, 9.17) is 13.1 Å². The maximum atomic E-state index is 12.7. The van der Waals surface area contributed by atoms with Crippen LogP contribution in [0.2, 0.25) is 6.32 Å². The highest BCUT2D eigenvalue weighted by molar-refractivity contribution is 6.17. The molecule has 1 aromatic rings. The summed E-state index contributed by atoms with van der Waals surface area (Å²) in [6, 6.07) is 4.33. The minimum Gasteiger partial charge on any atom is -0.322 e. The number of amides is 1. The van der Waals surface area contributed by atoms with E-state index in [9.17, 15) is 18.0 Å². The Bertz CT molecular complexity index is 561. The number of rotatable bonds is 3. The number of alkyl halides is 3. The fourth-order valence-corrected chi connectivity index (χ4v) is 1.27. The topological polar surface area (TPSA) is 52.9 Å². The number of anilines is 1. The average molecular weight is 264 g/mol. The summed E-state index contributed by atoms with van der Waals surface area (Å²) in [5.74, 6) is -0.666. The molecule has 0 fully saturated rings. The fraction of sp³-hybridized carbons (Fsp3) is 0.167. The van der Waals surface area contributed by atoms with Gasteiger partial charge in [-0.05, 0) is 18.2 Å². The van der Waals surface area contributed by atoms with Crippen molar-refractivity contribution in [2.24, 2.45) is 0 Å². The molecule has 0 saturated heterocycles.